The molecular weight excluding hydrogens is 200 g/mol. The number of carboxylic acids is 1. The zero-order chi connectivity index (χ0) is 10.6. The van der Waals surface area contributed by atoms with Gasteiger partial charge in [-0.05, 0) is 18.8 Å². The SMILES string of the molecule is CC1CCCC(S(=O)CCC(=O)O)C1. The van der Waals surface area contributed by atoms with Gasteiger partial charge in [0.25, 0.3) is 0 Å². The largest absolute Gasteiger partial charge is 0.481 e. The first-order valence-corrected chi connectivity index (χ1v) is 6.56. The standard InChI is InChI=1S/C10H18O3S/c1-8-3-2-4-9(7-8)14(13)6-5-10(11)12/h8-9H,2-7H2,1H3,(H,11,12). The fourth-order valence-corrected chi connectivity index (χ4v) is 3.65. The normalized spacial score (nSPS) is 29.8. The third-order valence-electron chi connectivity index (χ3n) is 2.78. The molecule has 1 aliphatic carbocycles. The third kappa shape index (κ3) is 3.78. The van der Waals surface area contributed by atoms with Gasteiger partial charge in [0.15, 0.2) is 0 Å². The Morgan fingerprint density at radius 1 is 1.50 bits per heavy atom. The van der Waals surface area contributed by atoms with E-state index < -0.39 is 16.8 Å². The van der Waals surface area contributed by atoms with E-state index in [1.54, 1.807) is 0 Å². The van der Waals surface area contributed by atoms with Gasteiger partial charge in [0.05, 0.1) is 6.42 Å². The molecule has 3 atom stereocenters. The Hall–Kier alpha value is -0.380. The van der Waals surface area contributed by atoms with Crippen molar-refractivity contribution in [3.05, 3.63) is 0 Å². The molecule has 0 radical (unpaired) electrons. The van der Waals surface area contributed by atoms with Crippen LogP contribution in [-0.2, 0) is 15.6 Å². The predicted octanol–water partition coefficient (Wildman–Crippen LogP) is 1.79. The Balaban J connectivity index is 2.32. The van der Waals surface area contributed by atoms with Crippen LogP contribution >= 0.6 is 0 Å². The molecular formula is C10H18O3S. The Labute approximate surface area is 87.3 Å². The lowest BCUT2D eigenvalue weighted by Crippen LogP contribution is -2.25. The average Bonchev–Trinajstić information content (AvgIpc) is 2.14. The molecule has 0 aromatic heterocycles. The van der Waals surface area contributed by atoms with E-state index in [9.17, 15) is 9.00 Å². The molecule has 4 heteroatoms. The lowest BCUT2D eigenvalue weighted by Gasteiger charge is -2.25. The van der Waals surface area contributed by atoms with Crippen LogP contribution in [0.3, 0.4) is 0 Å². The number of rotatable bonds is 4. The zero-order valence-electron chi connectivity index (χ0n) is 8.57. The van der Waals surface area contributed by atoms with Crippen LogP contribution in [0.4, 0.5) is 0 Å². The van der Waals surface area contributed by atoms with Gasteiger partial charge in [-0.15, -0.1) is 0 Å². The fourth-order valence-electron chi connectivity index (χ4n) is 1.97. The molecule has 0 bridgehead atoms. The molecule has 14 heavy (non-hydrogen) atoms. The van der Waals surface area contributed by atoms with Crippen LogP contribution in [0.15, 0.2) is 0 Å². The lowest BCUT2D eigenvalue weighted by molar-refractivity contribution is -0.136. The number of hydrogen-bond acceptors (Lipinski definition) is 2. The van der Waals surface area contributed by atoms with Crippen LogP contribution in [0.1, 0.15) is 39.0 Å². The van der Waals surface area contributed by atoms with Gasteiger partial charge in [-0.25, -0.2) is 0 Å². The number of carbonyl (C=O) groups is 1. The van der Waals surface area contributed by atoms with Gasteiger partial charge < -0.3 is 5.11 Å². The monoisotopic (exact) mass is 218 g/mol. The molecule has 0 aromatic rings. The van der Waals surface area contributed by atoms with E-state index in [-0.39, 0.29) is 11.7 Å². The first kappa shape index (κ1) is 11.7. The van der Waals surface area contributed by atoms with Crippen LogP contribution in [0.2, 0.25) is 0 Å². The molecule has 0 aliphatic heterocycles. The minimum atomic E-state index is -0.929. The summed E-state index contributed by atoms with van der Waals surface area (Å²) in [5, 5.41) is 8.73. The maximum atomic E-state index is 11.7. The van der Waals surface area contributed by atoms with Gasteiger partial charge >= 0.3 is 5.97 Å². The summed E-state index contributed by atoms with van der Waals surface area (Å²) in [5.74, 6) is 0.136. The molecule has 82 valence electrons. The van der Waals surface area contributed by atoms with Gasteiger partial charge in [-0.3, -0.25) is 9.00 Å². The van der Waals surface area contributed by atoms with Crippen molar-refractivity contribution >= 4 is 16.8 Å². The van der Waals surface area contributed by atoms with Crippen LogP contribution in [-0.4, -0.2) is 26.3 Å². The Morgan fingerprint density at radius 2 is 2.21 bits per heavy atom. The highest BCUT2D eigenvalue weighted by Gasteiger charge is 2.23. The maximum Gasteiger partial charge on any atom is 0.304 e. The summed E-state index contributed by atoms with van der Waals surface area (Å²) in [6, 6.07) is 0. The van der Waals surface area contributed by atoms with Crippen molar-refractivity contribution < 1.29 is 14.1 Å². The van der Waals surface area contributed by atoms with Crippen molar-refractivity contribution in [2.24, 2.45) is 5.92 Å². The van der Waals surface area contributed by atoms with Gasteiger partial charge in [-0.1, -0.05) is 19.8 Å². The summed E-state index contributed by atoms with van der Waals surface area (Å²) in [6.07, 6.45) is 4.43. The van der Waals surface area contributed by atoms with E-state index in [4.69, 9.17) is 5.11 Å². The van der Waals surface area contributed by atoms with Crippen molar-refractivity contribution in [3.63, 3.8) is 0 Å². The lowest BCUT2D eigenvalue weighted by atomic mass is 9.91. The van der Waals surface area contributed by atoms with Crippen molar-refractivity contribution in [3.8, 4) is 0 Å². The molecule has 0 heterocycles. The van der Waals surface area contributed by atoms with Gasteiger partial charge in [0.2, 0.25) is 0 Å². The molecule has 0 amide bonds. The van der Waals surface area contributed by atoms with Crippen LogP contribution in [0, 0.1) is 5.92 Å². The second-order valence-electron chi connectivity index (χ2n) is 4.12. The van der Waals surface area contributed by atoms with Crippen LogP contribution in [0.25, 0.3) is 0 Å². The maximum absolute atomic E-state index is 11.7. The molecule has 1 N–H and O–H groups in total. The van der Waals surface area contributed by atoms with Crippen LogP contribution in [0.5, 0.6) is 0 Å². The highest BCUT2D eigenvalue weighted by molar-refractivity contribution is 7.85. The Kier molecular flexibility index (Phi) is 4.58. The quantitative estimate of drug-likeness (QED) is 0.782. The van der Waals surface area contributed by atoms with Gasteiger partial charge in [-0.2, -0.15) is 0 Å². The predicted molar refractivity (Wildman–Crippen MR) is 56.7 cm³/mol. The molecule has 0 aromatic carbocycles. The zero-order valence-corrected chi connectivity index (χ0v) is 9.39. The molecule has 3 nitrogen and oxygen atoms in total. The topological polar surface area (TPSA) is 54.4 Å². The minimum absolute atomic E-state index is 0.0392. The number of aliphatic carboxylic acids is 1. The second kappa shape index (κ2) is 5.49. The van der Waals surface area contributed by atoms with Gasteiger partial charge in [0.1, 0.15) is 0 Å². The van der Waals surface area contributed by atoms with Crippen molar-refractivity contribution in [2.75, 3.05) is 5.75 Å². The molecule has 3 unspecified atom stereocenters. The summed E-state index contributed by atoms with van der Waals surface area (Å²) in [4.78, 5) is 10.3. The van der Waals surface area contributed by atoms with Crippen LogP contribution < -0.4 is 0 Å². The van der Waals surface area contributed by atoms with Gasteiger partial charge in [0, 0.05) is 21.8 Å². The minimum Gasteiger partial charge on any atom is -0.481 e. The highest BCUT2D eigenvalue weighted by atomic mass is 32.2. The van der Waals surface area contributed by atoms with E-state index >= 15 is 0 Å². The number of carboxylic acid groups (broad SMARTS) is 1. The smallest absolute Gasteiger partial charge is 0.304 e. The van der Waals surface area contributed by atoms with Crippen molar-refractivity contribution in [2.45, 2.75) is 44.3 Å². The van der Waals surface area contributed by atoms with E-state index in [0.29, 0.717) is 11.7 Å². The van der Waals surface area contributed by atoms with E-state index in [1.165, 1.54) is 6.42 Å². The second-order valence-corrected chi connectivity index (χ2v) is 5.96. The third-order valence-corrected chi connectivity index (χ3v) is 4.56. The summed E-state index contributed by atoms with van der Waals surface area (Å²) in [6.45, 7) is 2.18. The summed E-state index contributed by atoms with van der Waals surface area (Å²) < 4.78 is 11.7. The Bertz CT molecular complexity index is 227. The van der Waals surface area contributed by atoms with E-state index in [1.807, 2.05) is 0 Å². The number of hydrogen-bond donors (Lipinski definition) is 1. The molecule has 1 fully saturated rings. The summed E-state index contributed by atoms with van der Waals surface area (Å²) >= 11 is 0. The molecule has 0 spiro atoms. The molecule has 0 saturated heterocycles. The fraction of sp³-hybridized carbons (Fsp3) is 0.900. The van der Waals surface area contributed by atoms with Crippen molar-refractivity contribution in [1.82, 2.24) is 0 Å². The molecule has 1 saturated carbocycles. The van der Waals surface area contributed by atoms with E-state index in [0.717, 1.165) is 19.3 Å². The highest BCUT2D eigenvalue weighted by Crippen LogP contribution is 2.27. The summed E-state index contributed by atoms with van der Waals surface area (Å²) in [5.41, 5.74) is 0. The molecule has 1 rings (SSSR count). The van der Waals surface area contributed by atoms with E-state index in [2.05, 4.69) is 6.92 Å². The first-order valence-electron chi connectivity index (χ1n) is 5.18. The first-order chi connectivity index (χ1) is 6.59. The molecule has 1 aliphatic rings. The average molecular weight is 218 g/mol. The summed E-state index contributed by atoms with van der Waals surface area (Å²) in [7, 11) is -0.929. The Morgan fingerprint density at radius 3 is 2.79 bits per heavy atom. The van der Waals surface area contributed by atoms with Crippen molar-refractivity contribution in [1.29, 1.82) is 0 Å².